The summed E-state index contributed by atoms with van der Waals surface area (Å²) in [6.07, 6.45) is 0.868. The van der Waals surface area contributed by atoms with Gasteiger partial charge in [0.25, 0.3) is 5.91 Å². The van der Waals surface area contributed by atoms with Gasteiger partial charge in [-0.3, -0.25) is 10.1 Å². The summed E-state index contributed by atoms with van der Waals surface area (Å²) < 4.78 is 5.62. The summed E-state index contributed by atoms with van der Waals surface area (Å²) in [5.41, 5.74) is 5.03. The maximum atomic E-state index is 13.3. The zero-order valence-electron chi connectivity index (χ0n) is 19.3. The van der Waals surface area contributed by atoms with Crippen molar-refractivity contribution in [3.05, 3.63) is 89.5 Å². The number of nitrogens with zero attached hydrogens (tertiary/aromatic N) is 1. The lowest BCUT2D eigenvalue weighted by atomic mass is 9.98. The topological polar surface area (TPSA) is 95.9 Å². The van der Waals surface area contributed by atoms with Crippen molar-refractivity contribution in [1.29, 1.82) is 0 Å². The van der Waals surface area contributed by atoms with E-state index in [1.807, 2.05) is 36.4 Å². The standard InChI is InChI=1S/C28H26N2O5/c1-17(27(32)33)30(18-14-15-18)26(31)23-12-6-7-13-25(23)29-28(34)35-16-24-21-10-4-2-8-19(21)20-9-3-5-11-22(20)24/h2-13,17-18,24H,14-16H2,1H3,(H,29,34)(H,32,33). The highest BCUT2D eigenvalue weighted by Crippen LogP contribution is 2.44. The molecule has 0 radical (unpaired) electrons. The van der Waals surface area contributed by atoms with Gasteiger partial charge in [0.1, 0.15) is 12.6 Å². The zero-order valence-corrected chi connectivity index (χ0v) is 19.3. The van der Waals surface area contributed by atoms with Gasteiger partial charge in [-0.05, 0) is 54.2 Å². The summed E-state index contributed by atoms with van der Waals surface area (Å²) in [4.78, 5) is 39.0. The molecule has 0 aliphatic heterocycles. The van der Waals surface area contributed by atoms with Gasteiger partial charge in [-0.2, -0.15) is 0 Å². The van der Waals surface area contributed by atoms with Crippen LogP contribution >= 0.6 is 0 Å². The van der Waals surface area contributed by atoms with E-state index in [1.54, 1.807) is 24.3 Å². The van der Waals surface area contributed by atoms with Gasteiger partial charge >= 0.3 is 12.1 Å². The van der Waals surface area contributed by atoms with Crippen LogP contribution in [0.2, 0.25) is 0 Å². The van der Waals surface area contributed by atoms with Gasteiger partial charge in [-0.25, -0.2) is 9.59 Å². The molecule has 1 unspecified atom stereocenters. The first kappa shape index (κ1) is 22.7. The fourth-order valence-corrected chi connectivity index (χ4v) is 4.79. The monoisotopic (exact) mass is 470 g/mol. The van der Waals surface area contributed by atoms with Crippen LogP contribution < -0.4 is 5.32 Å². The number of hydrogen-bond donors (Lipinski definition) is 2. The molecule has 0 heterocycles. The van der Waals surface area contributed by atoms with Crippen molar-refractivity contribution in [3.63, 3.8) is 0 Å². The first-order valence-corrected chi connectivity index (χ1v) is 11.7. The number of para-hydroxylation sites is 1. The van der Waals surface area contributed by atoms with Gasteiger partial charge in [0, 0.05) is 12.0 Å². The van der Waals surface area contributed by atoms with Gasteiger partial charge in [-0.1, -0.05) is 60.7 Å². The molecule has 178 valence electrons. The summed E-state index contributed by atoms with van der Waals surface area (Å²) >= 11 is 0. The summed E-state index contributed by atoms with van der Waals surface area (Å²) in [6.45, 7) is 1.65. The number of carbonyl (C=O) groups is 3. The van der Waals surface area contributed by atoms with E-state index in [0.29, 0.717) is 0 Å². The molecule has 2 amide bonds. The van der Waals surface area contributed by atoms with Gasteiger partial charge in [0.2, 0.25) is 0 Å². The second-order valence-electron chi connectivity index (χ2n) is 8.95. The van der Waals surface area contributed by atoms with Crippen LogP contribution in [0.25, 0.3) is 11.1 Å². The number of anilines is 1. The zero-order chi connectivity index (χ0) is 24.5. The quantitative estimate of drug-likeness (QED) is 0.499. The SMILES string of the molecule is CC(C(=O)O)N(C(=O)c1ccccc1NC(=O)OCC1c2ccccc2-c2ccccc21)C1CC1. The molecular weight excluding hydrogens is 444 g/mol. The molecule has 0 aromatic heterocycles. The van der Waals surface area contributed by atoms with E-state index >= 15 is 0 Å². The van der Waals surface area contributed by atoms with Crippen LogP contribution in [0, 0.1) is 0 Å². The van der Waals surface area contributed by atoms with Crippen LogP contribution in [0.3, 0.4) is 0 Å². The van der Waals surface area contributed by atoms with Crippen molar-refractivity contribution in [3.8, 4) is 11.1 Å². The molecule has 7 nitrogen and oxygen atoms in total. The lowest BCUT2D eigenvalue weighted by Gasteiger charge is -2.27. The van der Waals surface area contributed by atoms with Crippen molar-refractivity contribution in [2.75, 3.05) is 11.9 Å². The van der Waals surface area contributed by atoms with Gasteiger partial charge in [-0.15, -0.1) is 0 Å². The van der Waals surface area contributed by atoms with Crippen molar-refractivity contribution in [1.82, 2.24) is 4.90 Å². The van der Waals surface area contributed by atoms with Gasteiger partial charge in [0.15, 0.2) is 0 Å². The molecule has 5 rings (SSSR count). The Morgan fingerprint density at radius 3 is 2.11 bits per heavy atom. The molecular formula is C28H26N2O5. The molecule has 3 aromatic rings. The minimum Gasteiger partial charge on any atom is -0.480 e. The van der Waals surface area contributed by atoms with Crippen molar-refractivity contribution in [2.45, 2.75) is 37.8 Å². The molecule has 3 aromatic carbocycles. The van der Waals surface area contributed by atoms with Crippen molar-refractivity contribution >= 4 is 23.7 Å². The Morgan fingerprint density at radius 1 is 0.943 bits per heavy atom. The molecule has 2 aliphatic rings. The minimum absolute atomic E-state index is 0.0770. The molecule has 1 saturated carbocycles. The van der Waals surface area contributed by atoms with Crippen LogP contribution in [-0.2, 0) is 9.53 Å². The number of benzene rings is 3. The molecule has 0 spiro atoms. The smallest absolute Gasteiger partial charge is 0.411 e. The molecule has 1 atom stereocenters. The number of fused-ring (bicyclic) bond motifs is 3. The number of hydrogen-bond acceptors (Lipinski definition) is 4. The highest BCUT2D eigenvalue weighted by Gasteiger charge is 2.39. The Balaban J connectivity index is 1.31. The van der Waals surface area contributed by atoms with Gasteiger partial charge < -0.3 is 14.7 Å². The maximum absolute atomic E-state index is 13.3. The average Bonchev–Trinajstić information content (AvgIpc) is 3.65. The Bertz CT molecular complexity index is 1250. The number of rotatable bonds is 7. The summed E-state index contributed by atoms with van der Waals surface area (Å²) in [7, 11) is 0. The lowest BCUT2D eigenvalue weighted by molar-refractivity contribution is -0.141. The third kappa shape index (κ3) is 4.37. The first-order chi connectivity index (χ1) is 17.0. The number of amides is 2. The van der Waals surface area contributed by atoms with E-state index in [9.17, 15) is 19.5 Å². The summed E-state index contributed by atoms with van der Waals surface area (Å²) in [5.74, 6) is -1.56. The van der Waals surface area contributed by atoms with E-state index in [2.05, 4.69) is 17.4 Å². The highest BCUT2D eigenvalue weighted by atomic mass is 16.5. The van der Waals surface area contributed by atoms with Gasteiger partial charge in [0.05, 0.1) is 11.3 Å². The van der Waals surface area contributed by atoms with Crippen LogP contribution in [0.5, 0.6) is 0 Å². The predicted octanol–water partition coefficient (Wildman–Crippen LogP) is 5.13. The van der Waals surface area contributed by atoms with Crippen LogP contribution in [-0.4, -0.2) is 46.7 Å². The Kier molecular flexibility index (Phi) is 5.99. The summed E-state index contributed by atoms with van der Waals surface area (Å²) in [5, 5.41) is 12.2. The lowest BCUT2D eigenvalue weighted by Crippen LogP contribution is -2.45. The number of carboxylic acid groups (broad SMARTS) is 1. The molecule has 0 bridgehead atoms. The molecule has 35 heavy (non-hydrogen) atoms. The molecule has 7 heteroatoms. The second kappa shape index (κ2) is 9.25. The highest BCUT2D eigenvalue weighted by molar-refractivity contribution is 6.04. The molecule has 1 fully saturated rings. The van der Waals surface area contributed by atoms with E-state index < -0.39 is 24.0 Å². The van der Waals surface area contributed by atoms with Crippen LogP contribution in [0.15, 0.2) is 72.8 Å². The largest absolute Gasteiger partial charge is 0.480 e. The normalized spacial score (nSPS) is 15.0. The fourth-order valence-electron chi connectivity index (χ4n) is 4.79. The van der Waals surface area contributed by atoms with E-state index in [0.717, 1.165) is 35.1 Å². The predicted molar refractivity (Wildman–Crippen MR) is 131 cm³/mol. The number of nitrogens with one attached hydrogen (secondary N) is 1. The van der Waals surface area contributed by atoms with Crippen molar-refractivity contribution in [2.24, 2.45) is 0 Å². The Labute approximate surface area is 203 Å². The first-order valence-electron chi connectivity index (χ1n) is 11.7. The summed E-state index contributed by atoms with van der Waals surface area (Å²) in [6, 6.07) is 21.7. The third-order valence-corrected chi connectivity index (χ3v) is 6.69. The number of aliphatic carboxylic acids is 1. The fraction of sp³-hybridized carbons (Fsp3) is 0.250. The number of ether oxygens (including phenoxy) is 1. The van der Waals surface area contributed by atoms with Crippen LogP contribution in [0.4, 0.5) is 10.5 Å². The van der Waals surface area contributed by atoms with Crippen molar-refractivity contribution < 1.29 is 24.2 Å². The van der Waals surface area contributed by atoms with Crippen LogP contribution in [0.1, 0.15) is 47.2 Å². The molecule has 2 aliphatic carbocycles. The maximum Gasteiger partial charge on any atom is 0.411 e. The number of carboxylic acids is 1. The molecule has 0 saturated heterocycles. The average molecular weight is 471 g/mol. The Morgan fingerprint density at radius 2 is 1.51 bits per heavy atom. The van der Waals surface area contributed by atoms with E-state index in [-0.39, 0.29) is 29.8 Å². The van der Waals surface area contributed by atoms with E-state index in [4.69, 9.17) is 4.74 Å². The second-order valence-corrected chi connectivity index (χ2v) is 8.95. The third-order valence-electron chi connectivity index (χ3n) is 6.69. The minimum atomic E-state index is -1.06. The number of carbonyl (C=O) groups excluding carboxylic acids is 2. The van der Waals surface area contributed by atoms with E-state index in [1.165, 1.54) is 11.8 Å². The molecule has 2 N–H and O–H groups in total. The Hall–Kier alpha value is -4.13.